The van der Waals surface area contributed by atoms with Crippen LogP contribution in [-0.4, -0.2) is 41.7 Å². The van der Waals surface area contributed by atoms with Gasteiger partial charge in [-0.05, 0) is 35.4 Å². The van der Waals surface area contributed by atoms with Crippen LogP contribution in [0.3, 0.4) is 0 Å². The zero-order valence-corrected chi connectivity index (χ0v) is 16.4. The monoisotopic (exact) mass is 417 g/mol. The van der Waals surface area contributed by atoms with Crippen molar-refractivity contribution < 1.29 is 22.6 Å². The van der Waals surface area contributed by atoms with E-state index in [1.54, 1.807) is 13.3 Å². The lowest BCUT2D eigenvalue weighted by Gasteiger charge is -2.34. The number of hydrogen-bond acceptors (Lipinski definition) is 4. The van der Waals surface area contributed by atoms with Gasteiger partial charge in [0.25, 0.3) is 0 Å². The Kier molecular flexibility index (Phi) is 5.78. The standard InChI is InChI=1S/C22H22F3N3O2/c1-29-18-8-2-15(3-9-18)13-28-10-11-30-14-20(28)21-26-12-19(27-21)16-4-6-17(7-5-16)22(23,24)25/h2-9,12,20H,10-11,13-14H2,1H3,(H,26,27)/t20-/m0/s1. The van der Waals surface area contributed by atoms with Crippen molar-refractivity contribution in [3.05, 3.63) is 71.7 Å². The van der Waals surface area contributed by atoms with Gasteiger partial charge in [0.2, 0.25) is 0 Å². The highest BCUT2D eigenvalue weighted by Crippen LogP contribution is 2.31. The van der Waals surface area contributed by atoms with Crippen molar-refractivity contribution in [2.45, 2.75) is 18.8 Å². The molecule has 0 bridgehead atoms. The highest BCUT2D eigenvalue weighted by molar-refractivity contribution is 5.59. The van der Waals surface area contributed by atoms with Crippen molar-refractivity contribution in [1.29, 1.82) is 0 Å². The summed E-state index contributed by atoms with van der Waals surface area (Å²) in [6, 6.07) is 12.9. The van der Waals surface area contributed by atoms with Crippen LogP contribution >= 0.6 is 0 Å². The minimum absolute atomic E-state index is 0.0657. The number of nitrogens with one attached hydrogen (secondary N) is 1. The fourth-order valence-electron chi connectivity index (χ4n) is 3.54. The lowest BCUT2D eigenvalue weighted by atomic mass is 10.1. The Morgan fingerprint density at radius 1 is 1.13 bits per heavy atom. The van der Waals surface area contributed by atoms with Gasteiger partial charge in [0.05, 0.1) is 43.8 Å². The van der Waals surface area contributed by atoms with E-state index in [2.05, 4.69) is 14.9 Å². The minimum Gasteiger partial charge on any atom is -0.497 e. The third-order valence-electron chi connectivity index (χ3n) is 5.22. The normalized spacial score (nSPS) is 17.8. The highest BCUT2D eigenvalue weighted by Gasteiger charge is 2.30. The van der Waals surface area contributed by atoms with Crippen LogP contribution in [0.1, 0.15) is 23.0 Å². The Bertz CT molecular complexity index is 969. The van der Waals surface area contributed by atoms with E-state index in [0.717, 1.165) is 42.4 Å². The molecular formula is C22H22F3N3O2. The second kappa shape index (κ2) is 8.49. The molecule has 0 aliphatic carbocycles. The maximum atomic E-state index is 12.8. The van der Waals surface area contributed by atoms with Crippen LogP contribution in [0.4, 0.5) is 13.2 Å². The number of H-pyrrole nitrogens is 1. The second-order valence-corrected chi connectivity index (χ2v) is 7.17. The van der Waals surface area contributed by atoms with E-state index in [9.17, 15) is 13.2 Å². The maximum absolute atomic E-state index is 12.8. The number of nitrogens with zero attached hydrogens (tertiary/aromatic N) is 2. The molecule has 1 N–H and O–H groups in total. The molecule has 158 valence electrons. The number of halogens is 3. The number of benzene rings is 2. The lowest BCUT2D eigenvalue weighted by molar-refractivity contribution is -0.137. The number of methoxy groups -OCH3 is 1. The quantitative estimate of drug-likeness (QED) is 0.655. The molecule has 1 aliphatic heterocycles. The van der Waals surface area contributed by atoms with Crippen LogP contribution < -0.4 is 4.74 Å². The van der Waals surface area contributed by atoms with E-state index in [-0.39, 0.29) is 6.04 Å². The van der Waals surface area contributed by atoms with Crippen molar-refractivity contribution in [2.75, 3.05) is 26.9 Å². The SMILES string of the molecule is COc1ccc(CN2CCOC[C@H]2c2ncc(-c3ccc(C(F)(F)F)cc3)[nH]2)cc1. The minimum atomic E-state index is -4.35. The van der Waals surface area contributed by atoms with Gasteiger partial charge in [-0.1, -0.05) is 24.3 Å². The summed E-state index contributed by atoms with van der Waals surface area (Å²) in [7, 11) is 1.64. The van der Waals surface area contributed by atoms with Crippen LogP contribution in [0.25, 0.3) is 11.3 Å². The Balaban J connectivity index is 1.51. The summed E-state index contributed by atoms with van der Waals surface area (Å²) < 4.78 is 49.2. The molecule has 0 saturated carbocycles. The summed E-state index contributed by atoms with van der Waals surface area (Å²) in [6.07, 6.45) is -2.70. The van der Waals surface area contributed by atoms with Crippen molar-refractivity contribution in [3.8, 4) is 17.0 Å². The van der Waals surface area contributed by atoms with Crippen LogP contribution in [-0.2, 0) is 17.5 Å². The van der Waals surface area contributed by atoms with Crippen LogP contribution in [0.5, 0.6) is 5.75 Å². The molecule has 1 saturated heterocycles. The van der Waals surface area contributed by atoms with Gasteiger partial charge < -0.3 is 14.5 Å². The Morgan fingerprint density at radius 3 is 2.53 bits per heavy atom. The van der Waals surface area contributed by atoms with E-state index in [1.807, 2.05) is 24.3 Å². The third kappa shape index (κ3) is 4.49. The van der Waals surface area contributed by atoms with Gasteiger partial charge >= 0.3 is 6.18 Å². The van der Waals surface area contributed by atoms with Crippen LogP contribution in [0, 0.1) is 0 Å². The summed E-state index contributed by atoms with van der Waals surface area (Å²) in [4.78, 5) is 10.0. The number of aromatic nitrogens is 2. The molecular weight excluding hydrogens is 395 g/mol. The molecule has 2 heterocycles. The summed E-state index contributed by atoms with van der Waals surface area (Å²) in [5.74, 6) is 1.54. The average Bonchev–Trinajstić information content (AvgIpc) is 3.24. The fraction of sp³-hybridized carbons (Fsp3) is 0.318. The Hall–Kier alpha value is -2.84. The predicted molar refractivity (Wildman–Crippen MR) is 106 cm³/mol. The largest absolute Gasteiger partial charge is 0.497 e. The molecule has 0 radical (unpaired) electrons. The van der Waals surface area contributed by atoms with Crippen LogP contribution in [0.15, 0.2) is 54.7 Å². The predicted octanol–water partition coefficient (Wildman–Crippen LogP) is 4.68. The zero-order valence-electron chi connectivity index (χ0n) is 16.4. The van der Waals surface area contributed by atoms with Gasteiger partial charge in [-0.25, -0.2) is 4.98 Å². The van der Waals surface area contributed by atoms with Crippen molar-refractivity contribution >= 4 is 0 Å². The first-order valence-corrected chi connectivity index (χ1v) is 9.61. The molecule has 0 spiro atoms. The number of alkyl halides is 3. The molecule has 1 atom stereocenters. The van der Waals surface area contributed by atoms with E-state index < -0.39 is 11.7 Å². The molecule has 0 amide bonds. The van der Waals surface area contributed by atoms with Gasteiger partial charge in [0.1, 0.15) is 11.6 Å². The van der Waals surface area contributed by atoms with Gasteiger partial charge in [-0.3, -0.25) is 4.90 Å². The first-order chi connectivity index (χ1) is 14.4. The van der Waals surface area contributed by atoms with Crippen molar-refractivity contribution in [1.82, 2.24) is 14.9 Å². The van der Waals surface area contributed by atoms with E-state index in [1.165, 1.54) is 12.1 Å². The molecule has 3 aromatic rings. The topological polar surface area (TPSA) is 50.4 Å². The van der Waals surface area contributed by atoms with Crippen LogP contribution in [0.2, 0.25) is 0 Å². The van der Waals surface area contributed by atoms with Gasteiger partial charge in [-0.15, -0.1) is 0 Å². The van der Waals surface area contributed by atoms with Gasteiger partial charge in [0.15, 0.2) is 0 Å². The van der Waals surface area contributed by atoms with Gasteiger partial charge in [0, 0.05) is 13.1 Å². The Labute approximate surface area is 172 Å². The second-order valence-electron chi connectivity index (χ2n) is 7.17. The molecule has 0 unspecified atom stereocenters. The number of rotatable bonds is 5. The molecule has 30 heavy (non-hydrogen) atoms. The summed E-state index contributed by atoms with van der Waals surface area (Å²) in [6.45, 7) is 2.62. The molecule has 1 aliphatic rings. The number of aromatic amines is 1. The summed E-state index contributed by atoms with van der Waals surface area (Å²) in [5.41, 5.74) is 1.81. The summed E-state index contributed by atoms with van der Waals surface area (Å²) in [5, 5.41) is 0. The molecule has 1 fully saturated rings. The molecule has 5 nitrogen and oxygen atoms in total. The Morgan fingerprint density at radius 2 is 1.87 bits per heavy atom. The number of hydrogen-bond donors (Lipinski definition) is 1. The van der Waals surface area contributed by atoms with Crippen molar-refractivity contribution in [3.63, 3.8) is 0 Å². The van der Waals surface area contributed by atoms with Crippen molar-refractivity contribution in [2.24, 2.45) is 0 Å². The third-order valence-corrected chi connectivity index (χ3v) is 5.22. The van der Waals surface area contributed by atoms with Gasteiger partial charge in [-0.2, -0.15) is 13.2 Å². The fourth-order valence-corrected chi connectivity index (χ4v) is 3.54. The highest BCUT2D eigenvalue weighted by atomic mass is 19.4. The van der Waals surface area contributed by atoms with E-state index >= 15 is 0 Å². The maximum Gasteiger partial charge on any atom is 0.416 e. The first kappa shape index (κ1) is 20.4. The first-order valence-electron chi connectivity index (χ1n) is 9.61. The number of morpholine rings is 1. The zero-order chi connectivity index (χ0) is 21.1. The summed E-state index contributed by atoms with van der Waals surface area (Å²) >= 11 is 0. The molecule has 8 heteroatoms. The molecule has 1 aromatic heterocycles. The number of ether oxygens (including phenoxy) is 2. The molecule has 4 rings (SSSR count). The number of imidazole rings is 1. The smallest absolute Gasteiger partial charge is 0.416 e. The molecule has 2 aromatic carbocycles. The van der Waals surface area contributed by atoms with E-state index in [0.29, 0.717) is 24.5 Å². The van der Waals surface area contributed by atoms with E-state index in [4.69, 9.17) is 9.47 Å². The average molecular weight is 417 g/mol. The lowest BCUT2D eigenvalue weighted by Crippen LogP contribution is -2.39.